The third-order valence-corrected chi connectivity index (χ3v) is 4.67. The number of aliphatic carboxylic acids is 1. The zero-order valence-corrected chi connectivity index (χ0v) is 17.5. The predicted molar refractivity (Wildman–Crippen MR) is 115 cm³/mol. The van der Waals surface area contributed by atoms with Gasteiger partial charge in [-0.2, -0.15) is 4.98 Å². The van der Waals surface area contributed by atoms with Gasteiger partial charge in [-0.1, -0.05) is 25.1 Å². The summed E-state index contributed by atoms with van der Waals surface area (Å²) in [5, 5.41) is 9.11. The summed E-state index contributed by atoms with van der Waals surface area (Å²) >= 11 is 0. The number of hydrogen-bond donors (Lipinski definition) is 3. The van der Waals surface area contributed by atoms with E-state index in [9.17, 15) is 18.4 Å². The molecule has 1 heterocycles. The zero-order chi connectivity index (χ0) is 24.1. The molecule has 0 spiro atoms. The standard InChI is InChI=1S/C23H21F2N3O5/c1-2-19(23(30)31)33-22-18(25)10-17(24)21(28-22)32-16-8-14(7-15(9-16)20(27)29)13-5-3-4-12(6-13)11-26/h3-10,19H,2,11,26H2,1H3,(H2,27,29)(H,30,31). The maximum Gasteiger partial charge on any atom is 0.344 e. The van der Waals surface area contributed by atoms with Crippen LogP contribution in [0.4, 0.5) is 8.78 Å². The second kappa shape index (κ2) is 10.0. The molecular formula is C23H21F2N3O5. The molecule has 10 heteroatoms. The molecule has 5 N–H and O–H groups in total. The summed E-state index contributed by atoms with van der Waals surface area (Å²) in [7, 11) is 0. The van der Waals surface area contributed by atoms with Crippen molar-refractivity contribution in [2.45, 2.75) is 26.0 Å². The van der Waals surface area contributed by atoms with E-state index in [0.29, 0.717) is 23.7 Å². The Morgan fingerprint density at radius 1 is 1.06 bits per heavy atom. The second-order valence-corrected chi connectivity index (χ2v) is 7.03. The van der Waals surface area contributed by atoms with Crippen LogP contribution in [-0.4, -0.2) is 28.1 Å². The summed E-state index contributed by atoms with van der Waals surface area (Å²) in [6, 6.07) is 12.0. The average Bonchev–Trinajstić information content (AvgIpc) is 2.79. The molecule has 2 aromatic carbocycles. The van der Waals surface area contributed by atoms with Gasteiger partial charge < -0.3 is 26.0 Å². The minimum atomic E-state index is -1.38. The lowest BCUT2D eigenvalue weighted by Crippen LogP contribution is -2.26. The average molecular weight is 457 g/mol. The Morgan fingerprint density at radius 2 is 1.79 bits per heavy atom. The van der Waals surface area contributed by atoms with Gasteiger partial charge >= 0.3 is 5.97 Å². The van der Waals surface area contributed by atoms with Crippen molar-refractivity contribution >= 4 is 11.9 Å². The van der Waals surface area contributed by atoms with Crippen LogP contribution in [0.15, 0.2) is 48.5 Å². The largest absolute Gasteiger partial charge is 0.479 e. The van der Waals surface area contributed by atoms with Crippen molar-refractivity contribution in [3.05, 3.63) is 71.3 Å². The summed E-state index contributed by atoms with van der Waals surface area (Å²) < 4.78 is 39.0. The highest BCUT2D eigenvalue weighted by Crippen LogP contribution is 2.32. The molecular weight excluding hydrogens is 436 g/mol. The van der Waals surface area contributed by atoms with Crippen LogP contribution in [0.3, 0.4) is 0 Å². The van der Waals surface area contributed by atoms with Gasteiger partial charge in [-0.3, -0.25) is 4.79 Å². The van der Waals surface area contributed by atoms with E-state index in [1.54, 1.807) is 12.1 Å². The molecule has 1 aromatic heterocycles. The predicted octanol–water partition coefficient (Wildman–Crippen LogP) is 3.62. The van der Waals surface area contributed by atoms with Gasteiger partial charge in [0.2, 0.25) is 5.91 Å². The van der Waals surface area contributed by atoms with Crippen LogP contribution in [0.25, 0.3) is 11.1 Å². The fraction of sp³-hybridized carbons (Fsp3) is 0.174. The molecule has 8 nitrogen and oxygen atoms in total. The van der Waals surface area contributed by atoms with Crippen molar-refractivity contribution in [2.24, 2.45) is 11.5 Å². The Kier molecular flexibility index (Phi) is 7.19. The van der Waals surface area contributed by atoms with Gasteiger partial charge in [0.1, 0.15) is 5.75 Å². The molecule has 33 heavy (non-hydrogen) atoms. The van der Waals surface area contributed by atoms with E-state index in [1.807, 2.05) is 12.1 Å². The van der Waals surface area contributed by atoms with Crippen molar-refractivity contribution in [3.63, 3.8) is 0 Å². The van der Waals surface area contributed by atoms with Crippen LogP contribution in [0.2, 0.25) is 0 Å². The number of carbonyl (C=O) groups excluding carboxylic acids is 1. The fourth-order valence-electron chi connectivity index (χ4n) is 2.99. The quantitative estimate of drug-likeness (QED) is 0.446. The first kappa shape index (κ1) is 23.6. The van der Waals surface area contributed by atoms with E-state index in [1.165, 1.54) is 25.1 Å². The summed E-state index contributed by atoms with van der Waals surface area (Å²) in [6.45, 7) is 1.82. The number of aromatic nitrogens is 1. The Morgan fingerprint density at radius 3 is 2.42 bits per heavy atom. The van der Waals surface area contributed by atoms with Crippen LogP contribution >= 0.6 is 0 Å². The van der Waals surface area contributed by atoms with Gasteiger partial charge in [-0.25, -0.2) is 13.6 Å². The lowest BCUT2D eigenvalue weighted by atomic mass is 10.0. The highest BCUT2D eigenvalue weighted by molar-refractivity contribution is 5.94. The number of benzene rings is 2. The molecule has 1 unspecified atom stereocenters. The highest BCUT2D eigenvalue weighted by Gasteiger charge is 2.22. The first-order valence-electron chi connectivity index (χ1n) is 9.89. The summed E-state index contributed by atoms with van der Waals surface area (Å²) in [5.74, 6) is -5.83. The molecule has 0 radical (unpaired) electrons. The molecule has 1 amide bonds. The molecule has 172 valence electrons. The number of halogens is 2. The van der Waals surface area contributed by atoms with Gasteiger partial charge in [0, 0.05) is 18.2 Å². The van der Waals surface area contributed by atoms with E-state index in [4.69, 9.17) is 26.0 Å². The van der Waals surface area contributed by atoms with Crippen molar-refractivity contribution in [3.8, 4) is 28.6 Å². The van der Waals surface area contributed by atoms with Crippen molar-refractivity contribution in [2.75, 3.05) is 0 Å². The molecule has 3 aromatic rings. The van der Waals surface area contributed by atoms with Gasteiger partial charge in [-0.15, -0.1) is 0 Å². The third-order valence-electron chi connectivity index (χ3n) is 4.67. The van der Waals surface area contributed by atoms with Gasteiger partial charge in [0.25, 0.3) is 11.8 Å². The van der Waals surface area contributed by atoms with Gasteiger partial charge in [0.15, 0.2) is 17.7 Å². The minimum absolute atomic E-state index is 0.00585. The number of pyridine rings is 1. The number of carboxylic acid groups (broad SMARTS) is 1. The Balaban J connectivity index is 2.01. The molecule has 0 saturated carbocycles. The van der Waals surface area contributed by atoms with E-state index in [2.05, 4.69) is 4.98 Å². The van der Waals surface area contributed by atoms with E-state index in [-0.39, 0.29) is 17.7 Å². The molecule has 0 aliphatic heterocycles. The Bertz CT molecular complexity index is 1200. The van der Waals surface area contributed by atoms with Crippen molar-refractivity contribution in [1.82, 2.24) is 4.98 Å². The maximum absolute atomic E-state index is 14.4. The van der Waals surface area contributed by atoms with Crippen LogP contribution in [-0.2, 0) is 11.3 Å². The molecule has 0 fully saturated rings. The lowest BCUT2D eigenvalue weighted by Gasteiger charge is -2.15. The number of hydrogen-bond acceptors (Lipinski definition) is 6. The van der Waals surface area contributed by atoms with Gasteiger partial charge in [0.05, 0.1) is 0 Å². The van der Waals surface area contributed by atoms with E-state index < -0.39 is 41.4 Å². The topological polar surface area (TPSA) is 138 Å². The first-order chi connectivity index (χ1) is 15.7. The monoisotopic (exact) mass is 457 g/mol. The zero-order valence-electron chi connectivity index (χ0n) is 17.5. The molecule has 0 bridgehead atoms. The fourth-order valence-corrected chi connectivity index (χ4v) is 2.99. The summed E-state index contributed by atoms with van der Waals surface area (Å²) in [6.07, 6.45) is -1.36. The number of primary amides is 1. The second-order valence-electron chi connectivity index (χ2n) is 7.03. The van der Waals surface area contributed by atoms with Crippen molar-refractivity contribution < 1.29 is 33.0 Å². The lowest BCUT2D eigenvalue weighted by molar-refractivity contribution is -0.145. The summed E-state index contributed by atoms with van der Waals surface area (Å²) in [4.78, 5) is 26.7. The number of rotatable bonds is 9. The first-order valence-corrected chi connectivity index (χ1v) is 9.89. The van der Waals surface area contributed by atoms with Crippen LogP contribution in [0.1, 0.15) is 29.3 Å². The molecule has 0 aliphatic carbocycles. The normalized spacial score (nSPS) is 11.6. The number of nitrogens with two attached hydrogens (primary N) is 2. The van der Waals surface area contributed by atoms with Crippen LogP contribution in [0.5, 0.6) is 17.5 Å². The molecule has 0 aliphatic rings. The smallest absolute Gasteiger partial charge is 0.344 e. The summed E-state index contributed by atoms with van der Waals surface area (Å²) in [5.41, 5.74) is 13.3. The molecule has 3 rings (SSSR count). The third kappa shape index (κ3) is 5.60. The molecule has 0 saturated heterocycles. The number of nitrogens with zero attached hydrogens (tertiary/aromatic N) is 1. The maximum atomic E-state index is 14.4. The number of carbonyl (C=O) groups is 2. The van der Waals surface area contributed by atoms with Crippen molar-refractivity contribution in [1.29, 1.82) is 0 Å². The Hall–Kier alpha value is -4.05. The van der Waals surface area contributed by atoms with E-state index in [0.717, 1.165) is 5.56 Å². The molecule has 1 atom stereocenters. The highest BCUT2D eigenvalue weighted by atomic mass is 19.1. The van der Waals surface area contributed by atoms with Crippen LogP contribution in [0, 0.1) is 11.6 Å². The number of ether oxygens (including phenoxy) is 2. The van der Waals surface area contributed by atoms with Gasteiger partial charge in [-0.05, 0) is 47.4 Å². The van der Waals surface area contributed by atoms with Crippen LogP contribution < -0.4 is 20.9 Å². The minimum Gasteiger partial charge on any atom is -0.479 e. The van der Waals surface area contributed by atoms with E-state index >= 15 is 0 Å². The number of carboxylic acids is 1. The SMILES string of the molecule is CCC(Oc1nc(Oc2cc(C(N)=O)cc(-c3cccc(CN)c3)c2)c(F)cc1F)C(=O)O. The Labute approximate surface area is 187 Å². The number of amides is 1.